The zero-order valence-corrected chi connectivity index (χ0v) is 12.6. The van der Waals surface area contributed by atoms with Crippen LogP contribution < -0.4 is 4.72 Å². The van der Waals surface area contributed by atoms with Crippen LogP contribution in [0.3, 0.4) is 0 Å². The molecule has 0 saturated carbocycles. The van der Waals surface area contributed by atoms with Crippen molar-refractivity contribution in [3.05, 3.63) is 54.3 Å². The first-order valence-electron chi connectivity index (χ1n) is 5.77. The standard InChI is InChI=1S/C13H12FNO4S2/c1-20(16,17)10-5-4-6-11(9-10)21(18,19)15-13-8-3-2-7-12(13)14/h2-9,15H,1H3. The van der Waals surface area contributed by atoms with Gasteiger partial charge in [-0.3, -0.25) is 4.72 Å². The fraction of sp³-hybridized carbons (Fsp3) is 0.0769. The van der Waals surface area contributed by atoms with Crippen LogP contribution in [0.4, 0.5) is 10.1 Å². The quantitative estimate of drug-likeness (QED) is 0.931. The Balaban J connectivity index is 2.44. The molecule has 0 atom stereocenters. The Kier molecular flexibility index (Phi) is 4.02. The number of para-hydroxylation sites is 1. The Hall–Kier alpha value is -1.93. The van der Waals surface area contributed by atoms with Crippen molar-refractivity contribution in [1.82, 2.24) is 0 Å². The van der Waals surface area contributed by atoms with Gasteiger partial charge in [0.25, 0.3) is 10.0 Å². The lowest BCUT2D eigenvalue weighted by Gasteiger charge is -2.09. The van der Waals surface area contributed by atoms with Crippen LogP contribution in [0.2, 0.25) is 0 Å². The molecule has 0 unspecified atom stereocenters. The molecule has 0 aromatic heterocycles. The highest BCUT2D eigenvalue weighted by Gasteiger charge is 2.18. The summed E-state index contributed by atoms with van der Waals surface area (Å²) in [6.45, 7) is 0. The highest BCUT2D eigenvalue weighted by atomic mass is 32.2. The van der Waals surface area contributed by atoms with Crippen molar-refractivity contribution in [2.45, 2.75) is 9.79 Å². The predicted octanol–water partition coefficient (Wildman–Crippen LogP) is 2.03. The van der Waals surface area contributed by atoms with Crippen LogP contribution >= 0.6 is 0 Å². The second kappa shape index (κ2) is 5.45. The summed E-state index contributed by atoms with van der Waals surface area (Å²) in [5.41, 5.74) is -0.206. The van der Waals surface area contributed by atoms with E-state index in [1.807, 2.05) is 0 Å². The first-order valence-corrected chi connectivity index (χ1v) is 9.15. The molecule has 0 heterocycles. The van der Waals surface area contributed by atoms with E-state index in [4.69, 9.17) is 0 Å². The van der Waals surface area contributed by atoms with Crippen LogP contribution in [-0.2, 0) is 19.9 Å². The smallest absolute Gasteiger partial charge is 0.262 e. The highest BCUT2D eigenvalue weighted by Crippen LogP contribution is 2.20. The molecule has 2 aromatic carbocycles. The average Bonchev–Trinajstić information content (AvgIpc) is 2.40. The summed E-state index contributed by atoms with van der Waals surface area (Å²) in [7, 11) is -7.61. The van der Waals surface area contributed by atoms with Gasteiger partial charge in [0.05, 0.1) is 15.5 Å². The minimum Gasteiger partial charge on any atom is -0.277 e. The fourth-order valence-electron chi connectivity index (χ4n) is 1.62. The van der Waals surface area contributed by atoms with E-state index < -0.39 is 25.7 Å². The van der Waals surface area contributed by atoms with Gasteiger partial charge in [0.1, 0.15) is 5.82 Å². The predicted molar refractivity (Wildman–Crippen MR) is 76.8 cm³/mol. The van der Waals surface area contributed by atoms with Crippen LogP contribution in [-0.4, -0.2) is 23.1 Å². The third kappa shape index (κ3) is 3.59. The maximum Gasteiger partial charge on any atom is 0.262 e. The minimum absolute atomic E-state index is 0.126. The van der Waals surface area contributed by atoms with E-state index in [2.05, 4.69) is 4.72 Å². The van der Waals surface area contributed by atoms with Gasteiger partial charge in [-0.05, 0) is 30.3 Å². The molecule has 0 aliphatic heterocycles. The number of sulfone groups is 1. The number of hydrogen-bond acceptors (Lipinski definition) is 4. The molecule has 0 radical (unpaired) electrons. The van der Waals surface area contributed by atoms with Crippen molar-refractivity contribution < 1.29 is 21.2 Å². The summed E-state index contributed by atoms with van der Waals surface area (Å²) in [5, 5.41) is 0. The van der Waals surface area contributed by atoms with E-state index in [1.165, 1.54) is 36.4 Å². The molecule has 0 saturated heterocycles. The SMILES string of the molecule is CS(=O)(=O)c1cccc(S(=O)(=O)Nc2ccccc2F)c1. The third-order valence-electron chi connectivity index (χ3n) is 2.66. The molecular formula is C13H12FNO4S2. The number of anilines is 1. The molecule has 1 N–H and O–H groups in total. The van der Waals surface area contributed by atoms with Gasteiger partial charge in [-0.1, -0.05) is 18.2 Å². The second-order valence-corrected chi connectivity index (χ2v) is 8.03. The fourth-order valence-corrected chi connectivity index (χ4v) is 3.47. The van der Waals surface area contributed by atoms with E-state index >= 15 is 0 Å². The lowest BCUT2D eigenvalue weighted by molar-refractivity contribution is 0.597. The lowest BCUT2D eigenvalue weighted by atomic mass is 10.3. The molecule has 21 heavy (non-hydrogen) atoms. The van der Waals surface area contributed by atoms with Crippen LogP contribution in [0.25, 0.3) is 0 Å². The van der Waals surface area contributed by atoms with Gasteiger partial charge in [-0.15, -0.1) is 0 Å². The maximum atomic E-state index is 13.5. The Morgan fingerprint density at radius 2 is 1.52 bits per heavy atom. The summed E-state index contributed by atoms with van der Waals surface area (Å²) in [4.78, 5) is -0.382. The maximum absolute atomic E-state index is 13.5. The zero-order chi connectivity index (χ0) is 15.7. The van der Waals surface area contributed by atoms with Crippen LogP contribution in [0.5, 0.6) is 0 Å². The number of hydrogen-bond donors (Lipinski definition) is 1. The molecule has 8 heteroatoms. The lowest BCUT2D eigenvalue weighted by Crippen LogP contribution is -2.14. The normalized spacial score (nSPS) is 12.1. The molecule has 112 valence electrons. The van der Waals surface area contributed by atoms with Gasteiger partial charge in [-0.2, -0.15) is 0 Å². The van der Waals surface area contributed by atoms with Gasteiger partial charge < -0.3 is 0 Å². The second-order valence-electron chi connectivity index (χ2n) is 4.33. The van der Waals surface area contributed by atoms with Gasteiger partial charge in [0, 0.05) is 6.26 Å². The van der Waals surface area contributed by atoms with Crippen molar-refractivity contribution in [3.63, 3.8) is 0 Å². The van der Waals surface area contributed by atoms with Crippen LogP contribution in [0, 0.1) is 5.82 Å². The van der Waals surface area contributed by atoms with Gasteiger partial charge in [0.15, 0.2) is 9.84 Å². The van der Waals surface area contributed by atoms with Gasteiger partial charge >= 0.3 is 0 Å². The topological polar surface area (TPSA) is 80.3 Å². The number of halogens is 1. The van der Waals surface area contributed by atoms with E-state index in [1.54, 1.807) is 0 Å². The number of benzene rings is 2. The van der Waals surface area contributed by atoms with E-state index in [9.17, 15) is 21.2 Å². The van der Waals surface area contributed by atoms with Crippen LogP contribution in [0.15, 0.2) is 58.3 Å². The molecule has 0 fully saturated rings. The van der Waals surface area contributed by atoms with E-state index in [0.29, 0.717) is 0 Å². The van der Waals surface area contributed by atoms with Crippen molar-refractivity contribution in [2.24, 2.45) is 0 Å². The van der Waals surface area contributed by atoms with E-state index in [0.717, 1.165) is 18.4 Å². The Morgan fingerprint density at radius 3 is 2.14 bits per heavy atom. The molecule has 2 rings (SSSR count). The van der Waals surface area contributed by atoms with Crippen molar-refractivity contribution >= 4 is 25.5 Å². The summed E-state index contributed by atoms with van der Waals surface area (Å²) in [6, 6.07) is 10.2. The van der Waals surface area contributed by atoms with Gasteiger partial charge in [0.2, 0.25) is 0 Å². The molecule has 0 bridgehead atoms. The monoisotopic (exact) mass is 329 g/mol. The summed E-state index contributed by atoms with van der Waals surface area (Å²) in [6.07, 6.45) is 0.975. The van der Waals surface area contributed by atoms with Gasteiger partial charge in [-0.25, -0.2) is 21.2 Å². The van der Waals surface area contributed by atoms with Crippen LogP contribution in [0.1, 0.15) is 0 Å². The largest absolute Gasteiger partial charge is 0.277 e. The summed E-state index contributed by atoms with van der Waals surface area (Å²) >= 11 is 0. The molecule has 2 aromatic rings. The first kappa shape index (κ1) is 15.5. The Bertz CT molecular complexity index is 877. The number of nitrogens with one attached hydrogen (secondary N) is 1. The summed E-state index contributed by atoms with van der Waals surface area (Å²) in [5.74, 6) is -0.722. The minimum atomic E-state index is -4.07. The molecule has 0 aliphatic rings. The zero-order valence-electron chi connectivity index (χ0n) is 10.9. The number of rotatable bonds is 4. The third-order valence-corrected chi connectivity index (χ3v) is 5.14. The average molecular weight is 329 g/mol. The molecular weight excluding hydrogens is 317 g/mol. The van der Waals surface area contributed by atoms with E-state index in [-0.39, 0.29) is 15.5 Å². The molecule has 5 nitrogen and oxygen atoms in total. The molecule has 0 aliphatic carbocycles. The van der Waals surface area contributed by atoms with Crippen molar-refractivity contribution in [2.75, 3.05) is 11.0 Å². The Labute approximate surface area is 122 Å². The molecule has 0 amide bonds. The number of sulfonamides is 1. The van der Waals surface area contributed by atoms with Crippen molar-refractivity contribution in [3.8, 4) is 0 Å². The first-order chi connectivity index (χ1) is 9.70. The Morgan fingerprint density at radius 1 is 0.905 bits per heavy atom. The molecule has 0 spiro atoms. The summed E-state index contributed by atoms with van der Waals surface area (Å²) < 4.78 is 62.8. The highest BCUT2D eigenvalue weighted by molar-refractivity contribution is 7.93. The van der Waals surface area contributed by atoms with Crippen molar-refractivity contribution in [1.29, 1.82) is 0 Å².